The summed E-state index contributed by atoms with van der Waals surface area (Å²) in [5.41, 5.74) is 2.05. The number of likely N-dealkylation sites (tertiary alicyclic amines) is 1. The van der Waals surface area contributed by atoms with Crippen molar-refractivity contribution in [3.8, 4) is 5.75 Å². The van der Waals surface area contributed by atoms with Crippen molar-refractivity contribution in [3.05, 3.63) is 29.3 Å². The largest absolute Gasteiger partial charge is 0.496 e. The summed E-state index contributed by atoms with van der Waals surface area (Å²) in [6.45, 7) is 5.40. The van der Waals surface area contributed by atoms with Crippen molar-refractivity contribution in [2.24, 2.45) is 0 Å². The third-order valence-corrected chi connectivity index (χ3v) is 4.60. The van der Waals surface area contributed by atoms with Crippen LogP contribution in [0.3, 0.4) is 0 Å². The van der Waals surface area contributed by atoms with Gasteiger partial charge >= 0.3 is 6.09 Å². The first kappa shape index (κ1) is 15.2. The van der Waals surface area contributed by atoms with Crippen LogP contribution in [0, 0.1) is 6.92 Å². The Balaban J connectivity index is 1.72. The van der Waals surface area contributed by atoms with Gasteiger partial charge < -0.3 is 14.4 Å². The number of benzene rings is 1. The van der Waals surface area contributed by atoms with Gasteiger partial charge in [0.15, 0.2) is 0 Å². The van der Waals surface area contributed by atoms with Crippen LogP contribution in [-0.4, -0.2) is 55.3 Å². The molecule has 1 spiro atoms. The number of carbonyl (C=O) groups is 1. The number of hydrogen-bond donors (Lipinski definition) is 0. The Labute approximate surface area is 131 Å². The summed E-state index contributed by atoms with van der Waals surface area (Å²) in [7, 11) is 3.52. The summed E-state index contributed by atoms with van der Waals surface area (Å²) in [5, 5.41) is 0. The number of ether oxygens (including phenoxy) is 2. The quantitative estimate of drug-likeness (QED) is 0.860. The molecule has 1 atom stereocenters. The molecule has 5 nitrogen and oxygen atoms in total. The molecule has 0 unspecified atom stereocenters. The summed E-state index contributed by atoms with van der Waals surface area (Å²) in [6.07, 6.45) is 1.80. The normalized spacial score (nSPS) is 25.6. The molecule has 5 heteroatoms. The second kappa shape index (κ2) is 5.80. The highest BCUT2D eigenvalue weighted by Crippen LogP contribution is 2.32. The van der Waals surface area contributed by atoms with Crippen molar-refractivity contribution in [1.29, 1.82) is 0 Å². The third-order valence-electron chi connectivity index (χ3n) is 4.60. The van der Waals surface area contributed by atoms with Crippen molar-refractivity contribution in [2.75, 3.05) is 33.8 Å². The number of likely N-dealkylation sites (N-methyl/N-ethyl adjacent to an activating group) is 1. The fourth-order valence-electron chi connectivity index (χ4n) is 3.55. The third kappa shape index (κ3) is 2.90. The average Bonchev–Trinajstić information content (AvgIpc) is 2.75. The highest BCUT2D eigenvalue weighted by atomic mass is 16.6. The van der Waals surface area contributed by atoms with E-state index in [0.717, 1.165) is 38.2 Å². The Hall–Kier alpha value is -1.75. The fraction of sp³-hybridized carbons (Fsp3) is 0.588. The summed E-state index contributed by atoms with van der Waals surface area (Å²) in [5.74, 6) is 0.931. The lowest BCUT2D eigenvalue weighted by atomic mass is 9.92. The molecule has 22 heavy (non-hydrogen) atoms. The Bertz CT molecular complexity index is 575. The van der Waals surface area contributed by atoms with Gasteiger partial charge in [-0.3, -0.25) is 4.90 Å². The minimum Gasteiger partial charge on any atom is -0.496 e. The maximum atomic E-state index is 11.7. The van der Waals surface area contributed by atoms with Crippen LogP contribution in [-0.2, 0) is 11.3 Å². The van der Waals surface area contributed by atoms with Gasteiger partial charge in [0.2, 0.25) is 0 Å². The Kier molecular flexibility index (Phi) is 4.00. The van der Waals surface area contributed by atoms with Crippen LogP contribution in [0.2, 0.25) is 0 Å². The molecule has 0 N–H and O–H groups in total. The molecule has 3 rings (SSSR count). The van der Waals surface area contributed by atoms with Gasteiger partial charge in [-0.25, -0.2) is 4.79 Å². The van der Waals surface area contributed by atoms with Crippen LogP contribution in [0.25, 0.3) is 0 Å². The minimum absolute atomic E-state index is 0.199. The molecular formula is C17H24N2O3. The van der Waals surface area contributed by atoms with Crippen LogP contribution in [0.4, 0.5) is 4.79 Å². The van der Waals surface area contributed by atoms with E-state index in [1.54, 1.807) is 19.1 Å². The highest BCUT2D eigenvalue weighted by Gasteiger charge is 2.46. The van der Waals surface area contributed by atoms with E-state index in [4.69, 9.17) is 9.47 Å². The highest BCUT2D eigenvalue weighted by molar-refractivity contribution is 5.70. The number of carbonyl (C=O) groups excluding carboxylic acids is 1. The molecule has 0 saturated carbocycles. The zero-order chi connectivity index (χ0) is 15.7. The summed E-state index contributed by atoms with van der Waals surface area (Å²) < 4.78 is 11.2. The van der Waals surface area contributed by atoms with Crippen LogP contribution < -0.4 is 4.74 Å². The number of nitrogens with zero attached hydrogens (tertiary/aromatic N) is 2. The molecule has 2 saturated heterocycles. The molecule has 0 bridgehead atoms. The van der Waals surface area contributed by atoms with E-state index in [0.29, 0.717) is 6.54 Å². The summed E-state index contributed by atoms with van der Waals surface area (Å²) in [6, 6.07) is 6.31. The standard InChI is InChI=1S/C17H24N2O3/c1-13-5-6-14(15(9-13)21-3)10-19-8-4-7-17(12-19)11-18(2)16(20)22-17/h5-6,9H,4,7-8,10-12H2,1-3H3/t17-/m0/s1. The van der Waals surface area contributed by atoms with Crippen molar-refractivity contribution < 1.29 is 14.3 Å². The van der Waals surface area contributed by atoms with Gasteiger partial charge in [-0.2, -0.15) is 0 Å². The van der Waals surface area contributed by atoms with Gasteiger partial charge in [0, 0.05) is 25.7 Å². The van der Waals surface area contributed by atoms with Crippen molar-refractivity contribution >= 4 is 6.09 Å². The first-order valence-corrected chi connectivity index (χ1v) is 7.81. The molecule has 1 aromatic carbocycles. The monoisotopic (exact) mass is 304 g/mol. The molecule has 120 valence electrons. The van der Waals surface area contributed by atoms with Crippen LogP contribution in [0.15, 0.2) is 18.2 Å². The number of rotatable bonds is 3. The van der Waals surface area contributed by atoms with Crippen LogP contribution in [0.5, 0.6) is 5.75 Å². The smallest absolute Gasteiger partial charge is 0.410 e. The number of amides is 1. The maximum absolute atomic E-state index is 11.7. The van der Waals surface area contributed by atoms with E-state index >= 15 is 0 Å². The second-order valence-electron chi connectivity index (χ2n) is 6.54. The Morgan fingerprint density at radius 3 is 2.86 bits per heavy atom. The van der Waals surface area contributed by atoms with E-state index in [1.807, 2.05) is 0 Å². The molecule has 1 aromatic rings. The molecule has 2 aliphatic heterocycles. The number of aryl methyl sites for hydroxylation is 1. The van der Waals surface area contributed by atoms with Gasteiger partial charge in [-0.1, -0.05) is 12.1 Å². The molecule has 1 amide bonds. The van der Waals surface area contributed by atoms with E-state index in [1.165, 1.54) is 11.1 Å². The van der Waals surface area contributed by atoms with Crippen molar-refractivity contribution in [1.82, 2.24) is 9.80 Å². The van der Waals surface area contributed by atoms with Gasteiger partial charge in [0.1, 0.15) is 11.4 Å². The van der Waals surface area contributed by atoms with Crippen LogP contribution in [0.1, 0.15) is 24.0 Å². The fourth-order valence-corrected chi connectivity index (χ4v) is 3.55. The first-order valence-electron chi connectivity index (χ1n) is 7.81. The number of piperidine rings is 1. The molecular weight excluding hydrogens is 280 g/mol. The maximum Gasteiger partial charge on any atom is 0.410 e. The second-order valence-corrected chi connectivity index (χ2v) is 6.54. The number of methoxy groups -OCH3 is 1. The van der Waals surface area contributed by atoms with Crippen LogP contribution >= 0.6 is 0 Å². The van der Waals surface area contributed by atoms with Gasteiger partial charge in [0.05, 0.1) is 13.7 Å². The first-order chi connectivity index (χ1) is 10.5. The zero-order valence-corrected chi connectivity index (χ0v) is 13.6. The molecule has 2 fully saturated rings. The lowest BCUT2D eigenvalue weighted by Crippen LogP contribution is -2.50. The van der Waals surface area contributed by atoms with Crippen molar-refractivity contribution in [2.45, 2.75) is 31.9 Å². The van der Waals surface area contributed by atoms with Gasteiger partial charge in [0.25, 0.3) is 0 Å². The van der Waals surface area contributed by atoms with E-state index < -0.39 is 0 Å². The lowest BCUT2D eigenvalue weighted by molar-refractivity contribution is -0.0115. The molecule has 0 radical (unpaired) electrons. The molecule has 2 heterocycles. The number of hydrogen-bond acceptors (Lipinski definition) is 4. The Morgan fingerprint density at radius 1 is 1.36 bits per heavy atom. The zero-order valence-electron chi connectivity index (χ0n) is 13.6. The van der Waals surface area contributed by atoms with E-state index in [2.05, 4.69) is 30.0 Å². The summed E-state index contributed by atoms with van der Waals surface area (Å²) >= 11 is 0. The Morgan fingerprint density at radius 2 is 2.18 bits per heavy atom. The van der Waals surface area contributed by atoms with Crippen molar-refractivity contribution in [3.63, 3.8) is 0 Å². The average molecular weight is 304 g/mol. The topological polar surface area (TPSA) is 42.0 Å². The summed E-state index contributed by atoms with van der Waals surface area (Å²) in [4.78, 5) is 15.8. The molecule has 0 aliphatic carbocycles. The minimum atomic E-state index is -0.331. The molecule has 2 aliphatic rings. The van der Waals surface area contributed by atoms with Gasteiger partial charge in [-0.05, 0) is 37.9 Å². The van der Waals surface area contributed by atoms with E-state index in [9.17, 15) is 4.79 Å². The van der Waals surface area contributed by atoms with Gasteiger partial charge in [-0.15, -0.1) is 0 Å². The molecule has 0 aromatic heterocycles. The predicted octanol–water partition coefficient (Wildman–Crippen LogP) is 2.42. The predicted molar refractivity (Wildman–Crippen MR) is 84.1 cm³/mol. The van der Waals surface area contributed by atoms with E-state index in [-0.39, 0.29) is 11.7 Å². The lowest BCUT2D eigenvalue weighted by Gasteiger charge is -2.38. The SMILES string of the molecule is COc1cc(C)ccc1CN1CCC[C@@]2(C1)CN(C)C(=O)O2.